The molecule has 6 N–H and O–H groups in total. The Morgan fingerprint density at radius 2 is 0.669 bits per heavy atom. The zero-order valence-electron chi connectivity index (χ0n) is 81.8. The second kappa shape index (κ2) is 48.4. The molecule has 136 heavy (non-hydrogen) atoms. The number of ether oxygens (including phenoxy) is 1. The lowest BCUT2D eigenvalue weighted by atomic mass is 9.91. The Labute approximate surface area is 807 Å². The van der Waals surface area contributed by atoms with E-state index in [2.05, 4.69) is 417 Å². The standard InChI is InChI=1S/C30H24N2.C24H28N2O.C24H28N2.C23H27N3.C22H24N2O/c1-4-13-23(14-5-1)26-19-10-11-20-28(26)32-30(25-17-8-3-9-18-25)29-22-12-21-27(31-29)24-15-6-2-7-16-24;1-16(2)18-8-11-20(12-9-18)26-24(22-7-5-6-14-25-22)21-13-10-19(17(3)4)15-23(21)27;1-17(2)20-13-10-14-21(18(3)4)24(20)26-23(19-11-6-5-7-12-19)22-15-8-9-16-25-22;1-16-14-17(2)22(18(3)15-16)25-23(20-11-8-9-13-24-20)19-10-6-7-12-21(19)26(4)5;1-15-13-16(2)21(17(3)14-15)24-22(19-10-7-8-12-23-19)18-9-5-6-11-20(18)25-4/h1-22,30,32H;5-17,24,26-27H,1-4H3;5-18,23,26H,1-4H3;6-15,23,25H,1-5H3;5-14,22,24H,1-4H3. The number of aromatic nitrogens is 5. The summed E-state index contributed by atoms with van der Waals surface area (Å²) in [6, 6.07) is 127. The van der Waals surface area contributed by atoms with E-state index >= 15 is 0 Å². The number of nitrogens with one attached hydrogen (secondary N) is 5. The summed E-state index contributed by atoms with van der Waals surface area (Å²) in [5.74, 6) is 2.93. The van der Waals surface area contributed by atoms with Crippen LogP contribution in [-0.2, 0) is 0 Å². The lowest BCUT2D eigenvalue weighted by Gasteiger charge is -2.27. The van der Waals surface area contributed by atoms with E-state index in [0.717, 1.165) is 79.2 Å². The lowest BCUT2D eigenvalue weighted by Crippen LogP contribution is -2.19. The van der Waals surface area contributed by atoms with Gasteiger partial charge in [0.15, 0.2) is 0 Å². The van der Waals surface area contributed by atoms with Crippen molar-refractivity contribution >= 4 is 34.1 Å². The minimum Gasteiger partial charge on any atom is -0.508 e. The maximum Gasteiger partial charge on any atom is 0.124 e. The number of aryl methyl sites for hydroxylation is 6. The van der Waals surface area contributed by atoms with Crippen molar-refractivity contribution in [3.05, 3.63) is 507 Å². The van der Waals surface area contributed by atoms with E-state index in [0.29, 0.717) is 29.4 Å². The third kappa shape index (κ3) is 26.2. The minimum atomic E-state index is -0.225. The highest BCUT2D eigenvalue weighted by atomic mass is 16.5. The quantitative estimate of drug-likeness (QED) is 0.0276. The molecule has 0 aliphatic carbocycles. The van der Waals surface area contributed by atoms with Gasteiger partial charge < -0.3 is 41.3 Å². The van der Waals surface area contributed by atoms with Gasteiger partial charge in [0.1, 0.15) is 11.5 Å². The van der Waals surface area contributed by atoms with Crippen LogP contribution >= 0.6 is 0 Å². The van der Waals surface area contributed by atoms with Gasteiger partial charge in [-0.3, -0.25) is 24.9 Å². The van der Waals surface area contributed by atoms with Crippen LogP contribution in [0.15, 0.2) is 395 Å². The first-order chi connectivity index (χ1) is 66.0. The molecular formula is C123H131N11O2. The first-order valence-corrected chi connectivity index (χ1v) is 47.3. The molecule has 0 spiro atoms. The number of nitrogens with zero attached hydrogens (tertiary/aromatic N) is 6. The van der Waals surface area contributed by atoms with Crippen LogP contribution in [0.5, 0.6) is 11.5 Å². The van der Waals surface area contributed by atoms with Crippen LogP contribution in [0.2, 0.25) is 0 Å². The first kappa shape index (κ1) is 98.3. The summed E-state index contributed by atoms with van der Waals surface area (Å²) in [6.45, 7) is 30.5. The van der Waals surface area contributed by atoms with Crippen molar-refractivity contribution in [3.63, 3.8) is 0 Å². The van der Waals surface area contributed by atoms with Crippen molar-refractivity contribution in [1.82, 2.24) is 24.9 Å². The van der Waals surface area contributed by atoms with Gasteiger partial charge in [-0.05, 0) is 223 Å². The smallest absolute Gasteiger partial charge is 0.124 e. The second-order valence-corrected chi connectivity index (χ2v) is 36.1. The molecule has 0 amide bonds. The summed E-state index contributed by atoms with van der Waals surface area (Å²) in [5.41, 5.74) is 34.4. The molecule has 0 saturated heterocycles. The summed E-state index contributed by atoms with van der Waals surface area (Å²) in [5, 5.41) is 29.4. The molecule has 5 aromatic heterocycles. The Kier molecular flexibility index (Phi) is 35.0. The minimum absolute atomic E-state index is 0.0186. The highest BCUT2D eigenvalue weighted by Gasteiger charge is 2.27. The van der Waals surface area contributed by atoms with E-state index in [1.165, 1.54) is 95.0 Å². The van der Waals surface area contributed by atoms with Gasteiger partial charge in [-0.1, -0.05) is 340 Å². The Morgan fingerprint density at radius 1 is 0.287 bits per heavy atom. The molecule has 17 aromatic rings. The molecule has 5 heterocycles. The predicted octanol–water partition coefficient (Wildman–Crippen LogP) is 30.9. The van der Waals surface area contributed by atoms with E-state index in [9.17, 15) is 5.11 Å². The van der Waals surface area contributed by atoms with E-state index in [1.807, 2.05) is 134 Å². The molecular weight excluding hydrogens is 1660 g/mol. The average Bonchev–Trinajstić information content (AvgIpc) is 0.805. The largest absolute Gasteiger partial charge is 0.508 e. The Morgan fingerprint density at radius 3 is 1.13 bits per heavy atom. The molecule has 17 rings (SSSR count). The third-order valence-electron chi connectivity index (χ3n) is 24.3. The first-order valence-electron chi connectivity index (χ1n) is 47.3. The fraction of sp³-hybridized carbons (Fsp3) is 0.211. The topological polar surface area (TPSA) is 157 Å². The van der Waals surface area contributed by atoms with Crippen molar-refractivity contribution in [3.8, 4) is 33.9 Å². The zero-order chi connectivity index (χ0) is 96.0. The molecule has 13 nitrogen and oxygen atoms in total. The zero-order valence-corrected chi connectivity index (χ0v) is 81.8. The van der Waals surface area contributed by atoms with Crippen molar-refractivity contribution in [2.45, 2.75) is 151 Å². The van der Waals surface area contributed by atoms with Gasteiger partial charge in [0.25, 0.3) is 0 Å². The molecule has 0 saturated carbocycles. The normalized spacial score (nSPS) is 12.0. The van der Waals surface area contributed by atoms with Crippen LogP contribution < -0.4 is 36.2 Å². The number of phenolic OH excluding ortho intramolecular Hbond substituents is 1. The summed E-state index contributed by atoms with van der Waals surface area (Å²) >= 11 is 0. The summed E-state index contributed by atoms with van der Waals surface area (Å²) in [6.07, 6.45) is 7.33. The number of benzene rings is 12. The van der Waals surface area contributed by atoms with Crippen LogP contribution in [0.25, 0.3) is 22.4 Å². The number of pyridine rings is 5. The Hall–Kier alpha value is -15.2. The number of hydrogen-bond donors (Lipinski definition) is 6. The van der Waals surface area contributed by atoms with E-state index in [1.54, 1.807) is 13.3 Å². The molecule has 0 radical (unpaired) electrons. The molecule has 5 atom stereocenters. The summed E-state index contributed by atoms with van der Waals surface area (Å²) < 4.78 is 5.60. The number of methoxy groups -OCH3 is 1. The van der Waals surface area contributed by atoms with Gasteiger partial charge in [-0.25, -0.2) is 0 Å². The summed E-state index contributed by atoms with van der Waals surface area (Å²) in [7, 11) is 5.87. The molecule has 0 aliphatic heterocycles. The van der Waals surface area contributed by atoms with Crippen LogP contribution in [0.3, 0.4) is 0 Å². The maximum atomic E-state index is 10.7. The number of phenols is 1. The maximum absolute atomic E-state index is 10.7. The van der Waals surface area contributed by atoms with Crippen LogP contribution in [0.4, 0.5) is 34.1 Å². The van der Waals surface area contributed by atoms with Crippen molar-refractivity contribution < 1.29 is 9.84 Å². The van der Waals surface area contributed by atoms with Gasteiger partial charge in [-0.15, -0.1) is 0 Å². The third-order valence-corrected chi connectivity index (χ3v) is 24.3. The highest BCUT2D eigenvalue weighted by molar-refractivity contribution is 5.79. The number of para-hydroxylation sites is 4. The molecule has 0 fully saturated rings. The molecule has 12 aromatic carbocycles. The molecule has 0 aliphatic rings. The molecule has 5 unspecified atom stereocenters. The Balaban J connectivity index is 0.000000144. The van der Waals surface area contributed by atoms with Crippen molar-refractivity contribution in [2.75, 3.05) is 52.7 Å². The Bertz CT molecular complexity index is 6460. The highest BCUT2D eigenvalue weighted by Crippen LogP contribution is 2.42. The molecule has 690 valence electrons. The van der Waals surface area contributed by atoms with Crippen LogP contribution in [0.1, 0.15) is 221 Å². The van der Waals surface area contributed by atoms with Gasteiger partial charge in [0.2, 0.25) is 0 Å². The SMILES string of the molecule is CC(C)c1ccc(NC(c2ccccn2)c2ccc(C(C)C)cc2O)cc1.CC(C)c1cccc(C(C)C)c1NC(c1ccccc1)c1ccccn1.COc1ccccc1C(Nc1c(C)cc(C)cc1C)c1ccccn1.Cc1cc(C)c(NC(c2ccccn2)c2ccccc2N(C)C)c(C)c1.c1ccc(-c2cccc(C(Nc3ccccc3-c3ccccc3)c3ccccc3)n2)cc1. The monoisotopic (exact) mass is 1790 g/mol. The predicted molar refractivity (Wildman–Crippen MR) is 571 cm³/mol. The average molecular weight is 1800 g/mol. The fourth-order valence-electron chi connectivity index (χ4n) is 17.4. The van der Waals surface area contributed by atoms with E-state index in [4.69, 9.17) is 9.72 Å². The van der Waals surface area contributed by atoms with Crippen LogP contribution in [-0.4, -0.2) is 51.2 Å². The van der Waals surface area contributed by atoms with Gasteiger partial charge >= 0.3 is 0 Å². The number of rotatable bonds is 28. The number of aromatic hydroxyl groups is 1. The number of hydrogen-bond acceptors (Lipinski definition) is 13. The van der Waals surface area contributed by atoms with E-state index in [-0.39, 0.29) is 30.2 Å². The van der Waals surface area contributed by atoms with Crippen molar-refractivity contribution in [1.29, 1.82) is 0 Å². The lowest BCUT2D eigenvalue weighted by molar-refractivity contribution is 0.408. The van der Waals surface area contributed by atoms with Gasteiger partial charge in [0, 0.05) is 101 Å². The fourth-order valence-corrected chi connectivity index (χ4v) is 17.4. The van der Waals surface area contributed by atoms with Crippen LogP contribution in [0, 0.1) is 41.5 Å². The number of anilines is 6. The van der Waals surface area contributed by atoms with Gasteiger partial charge in [0.05, 0.1) is 71.5 Å². The van der Waals surface area contributed by atoms with Crippen molar-refractivity contribution in [2.24, 2.45) is 0 Å². The van der Waals surface area contributed by atoms with E-state index < -0.39 is 0 Å². The van der Waals surface area contributed by atoms with Gasteiger partial charge in [-0.2, -0.15) is 0 Å². The second-order valence-electron chi connectivity index (χ2n) is 36.1. The molecule has 13 heteroatoms. The summed E-state index contributed by atoms with van der Waals surface area (Å²) in [4.78, 5) is 25.6. The molecule has 0 bridgehead atoms.